The zero-order valence-corrected chi connectivity index (χ0v) is 15.6. The number of carbonyl (C=O) groups is 1. The van der Waals surface area contributed by atoms with Gasteiger partial charge in [0.05, 0.1) is 11.3 Å². The summed E-state index contributed by atoms with van der Waals surface area (Å²) >= 11 is 5.85. The van der Waals surface area contributed by atoms with Gasteiger partial charge in [-0.05, 0) is 47.3 Å². The van der Waals surface area contributed by atoms with Crippen molar-refractivity contribution in [3.8, 4) is 5.75 Å². The predicted molar refractivity (Wildman–Crippen MR) is 108 cm³/mol. The number of rotatable bonds is 5. The van der Waals surface area contributed by atoms with Gasteiger partial charge in [-0.1, -0.05) is 35.9 Å². The van der Waals surface area contributed by atoms with E-state index in [9.17, 15) is 4.79 Å². The fourth-order valence-corrected chi connectivity index (χ4v) is 3.06. The van der Waals surface area contributed by atoms with E-state index in [-0.39, 0.29) is 5.91 Å². The molecule has 2 heterocycles. The average Bonchev–Trinajstić information content (AvgIpc) is 2.74. The molecule has 0 saturated heterocycles. The molecule has 5 nitrogen and oxygen atoms in total. The minimum atomic E-state index is -0.367. The minimum Gasteiger partial charge on any atom is -0.379 e. The van der Waals surface area contributed by atoms with Crippen LogP contribution in [0.1, 0.15) is 21.6 Å². The quantitative estimate of drug-likeness (QED) is 0.507. The van der Waals surface area contributed by atoms with Gasteiger partial charge in [0.25, 0.3) is 5.91 Å². The Hall–Kier alpha value is -3.44. The lowest BCUT2D eigenvalue weighted by atomic mass is 10.0. The maximum Gasteiger partial charge on any atom is 0.286 e. The molecular formula is C22H16ClN3O2. The molecule has 0 saturated carbocycles. The Morgan fingerprint density at radius 2 is 1.68 bits per heavy atom. The lowest BCUT2D eigenvalue weighted by Crippen LogP contribution is -2.27. The van der Waals surface area contributed by atoms with Crippen LogP contribution in [-0.2, 0) is 6.42 Å². The van der Waals surface area contributed by atoms with Crippen molar-refractivity contribution in [1.82, 2.24) is 15.4 Å². The zero-order chi connectivity index (χ0) is 19.3. The van der Waals surface area contributed by atoms with Crippen molar-refractivity contribution in [1.29, 1.82) is 0 Å². The Kier molecular flexibility index (Phi) is 5.17. The zero-order valence-electron chi connectivity index (χ0n) is 14.8. The summed E-state index contributed by atoms with van der Waals surface area (Å²) in [6, 6.07) is 18.4. The van der Waals surface area contributed by atoms with E-state index in [1.165, 1.54) is 0 Å². The van der Waals surface area contributed by atoms with Crippen molar-refractivity contribution in [3.05, 3.63) is 101 Å². The maximum atomic E-state index is 12.7. The number of amides is 1. The molecule has 0 spiro atoms. The number of hydrogen-bond donors (Lipinski definition) is 1. The first-order chi connectivity index (χ1) is 13.7. The Balaban J connectivity index is 1.60. The molecule has 1 N–H and O–H groups in total. The summed E-state index contributed by atoms with van der Waals surface area (Å²) in [5.41, 5.74) is 4.92. The third-order valence-electron chi connectivity index (χ3n) is 4.32. The van der Waals surface area contributed by atoms with Crippen LogP contribution in [0.4, 0.5) is 0 Å². The Bertz CT molecular complexity index is 1120. The summed E-state index contributed by atoms with van der Waals surface area (Å²) in [4.78, 5) is 26.6. The van der Waals surface area contributed by atoms with Crippen LogP contribution in [0.5, 0.6) is 5.75 Å². The van der Waals surface area contributed by atoms with Gasteiger partial charge in [-0.25, -0.2) is 0 Å². The molecule has 2 aromatic carbocycles. The number of halogens is 1. The molecular weight excluding hydrogens is 374 g/mol. The topological polar surface area (TPSA) is 64.1 Å². The average molecular weight is 390 g/mol. The molecule has 4 rings (SSSR count). The molecule has 0 bridgehead atoms. The molecule has 4 aromatic rings. The third-order valence-corrected chi connectivity index (χ3v) is 4.57. The highest BCUT2D eigenvalue weighted by Gasteiger charge is 2.14. The summed E-state index contributed by atoms with van der Waals surface area (Å²) in [6.45, 7) is 0. The molecule has 0 unspecified atom stereocenters. The molecule has 28 heavy (non-hydrogen) atoms. The molecule has 6 heteroatoms. The van der Waals surface area contributed by atoms with Crippen molar-refractivity contribution in [3.63, 3.8) is 0 Å². The number of nitrogens with one attached hydrogen (secondary N) is 1. The highest BCUT2D eigenvalue weighted by molar-refractivity contribution is 6.30. The van der Waals surface area contributed by atoms with Gasteiger partial charge in [-0.2, -0.15) is 5.48 Å². The minimum absolute atomic E-state index is 0.367. The van der Waals surface area contributed by atoms with Gasteiger partial charge in [0.2, 0.25) is 0 Å². The van der Waals surface area contributed by atoms with Gasteiger partial charge < -0.3 is 4.84 Å². The number of hydrogen-bond acceptors (Lipinski definition) is 4. The SMILES string of the molecule is O=C(NOc1ccc(Cl)cc1)c1cnc(Cc2ccncc2)c2ccccc12. The summed E-state index contributed by atoms with van der Waals surface area (Å²) in [7, 11) is 0. The second-order valence-electron chi connectivity index (χ2n) is 6.18. The summed E-state index contributed by atoms with van der Waals surface area (Å²) in [5, 5.41) is 2.34. The first-order valence-electron chi connectivity index (χ1n) is 8.69. The van der Waals surface area contributed by atoms with E-state index >= 15 is 0 Å². The van der Waals surface area contributed by atoms with Crippen molar-refractivity contribution in [2.24, 2.45) is 0 Å². The number of carbonyl (C=O) groups excluding carboxylic acids is 1. The van der Waals surface area contributed by atoms with E-state index in [0.717, 1.165) is 22.0 Å². The predicted octanol–water partition coefficient (Wildman–Crippen LogP) is 4.60. The van der Waals surface area contributed by atoms with Crippen LogP contribution in [0.25, 0.3) is 10.8 Å². The second kappa shape index (κ2) is 8.06. The first kappa shape index (κ1) is 17.9. The molecule has 1 amide bonds. The number of nitrogens with zero attached hydrogens (tertiary/aromatic N) is 2. The normalized spacial score (nSPS) is 10.6. The molecule has 138 valence electrons. The lowest BCUT2D eigenvalue weighted by Gasteiger charge is -2.11. The Morgan fingerprint density at radius 3 is 2.43 bits per heavy atom. The van der Waals surface area contributed by atoms with Crippen molar-refractivity contribution >= 4 is 28.3 Å². The van der Waals surface area contributed by atoms with E-state index in [0.29, 0.717) is 22.8 Å². The summed E-state index contributed by atoms with van der Waals surface area (Å²) < 4.78 is 0. The monoisotopic (exact) mass is 389 g/mol. The van der Waals surface area contributed by atoms with Crippen molar-refractivity contribution in [2.75, 3.05) is 0 Å². The maximum absolute atomic E-state index is 12.7. The van der Waals surface area contributed by atoms with Crippen molar-refractivity contribution < 1.29 is 9.63 Å². The molecule has 0 atom stereocenters. The van der Waals surface area contributed by atoms with Gasteiger partial charge in [0, 0.05) is 35.4 Å². The van der Waals surface area contributed by atoms with Gasteiger partial charge in [-0.3, -0.25) is 14.8 Å². The molecule has 0 aliphatic carbocycles. The van der Waals surface area contributed by atoms with Crippen LogP contribution in [0, 0.1) is 0 Å². The van der Waals surface area contributed by atoms with E-state index in [2.05, 4.69) is 15.4 Å². The van der Waals surface area contributed by atoms with Gasteiger partial charge >= 0.3 is 0 Å². The standard InChI is InChI=1S/C22H16ClN3O2/c23-16-5-7-17(8-6-16)28-26-22(27)20-14-25-21(13-15-9-11-24-12-10-15)19-4-2-1-3-18(19)20/h1-12,14H,13H2,(H,26,27). The second-order valence-corrected chi connectivity index (χ2v) is 6.62. The third kappa shape index (κ3) is 3.94. The number of aromatic nitrogens is 2. The van der Waals surface area contributed by atoms with Crippen molar-refractivity contribution in [2.45, 2.75) is 6.42 Å². The van der Waals surface area contributed by atoms with Crippen LogP contribution in [0.2, 0.25) is 5.02 Å². The van der Waals surface area contributed by atoms with Gasteiger partial charge in [0.15, 0.2) is 5.75 Å². The summed E-state index contributed by atoms with van der Waals surface area (Å²) in [5.74, 6) is 0.124. The Labute approximate surface area is 166 Å². The van der Waals surface area contributed by atoms with Crippen LogP contribution < -0.4 is 10.3 Å². The van der Waals surface area contributed by atoms with Gasteiger partial charge in [-0.15, -0.1) is 0 Å². The van der Waals surface area contributed by atoms with E-state index in [1.54, 1.807) is 42.9 Å². The fraction of sp³-hybridized carbons (Fsp3) is 0.0455. The Morgan fingerprint density at radius 1 is 0.964 bits per heavy atom. The largest absolute Gasteiger partial charge is 0.379 e. The number of fused-ring (bicyclic) bond motifs is 1. The van der Waals surface area contributed by atoms with Crippen LogP contribution in [-0.4, -0.2) is 15.9 Å². The van der Waals surface area contributed by atoms with Gasteiger partial charge in [0.1, 0.15) is 0 Å². The molecule has 0 aliphatic rings. The van der Waals surface area contributed by atoms with E-state index in [1.807, 2.05) is 36.4 Å². The highest BCUT2D eigenvalue weighted by atomic mass is 35.5. The fourth-order valence-electron chi connectivity index (χ4n) is 2.93. The molecule has 0 radical (unpaired) electrons. The first-order valence-corrected chi connectivity index (χ1v) is 9.07. The van der Waals surface area contributed by atoms with E-state index in [4.69, 9.17) is 16.4 Å². The number of pyridine rings is 2. The smallest absolute Gasteiger partial charge is 0.286 e. The molecule has 0 aliphatic heterocycles. The van der Waals surface area contributed by atoms with Crippen LogP contribution in [0.3, 0.4) is 0 Å². The summed E-state index contributed by atoms with van der Waals surface area (Å²) in [6.07, 6.45) is 5.76. The lowest BCUT2D eigenvalue weighted by molar-refractivity contribution is 0.0761. The number of benzene rings is 2. The van der Waals surface area contributed by atoms with Crippen LogP contribution >= 0.6 is 11.6 Å². The molecule has 0 fully saturated rings. The van der Waals surface area contributed by atoms with E-state index < -0.39 is 0 Å². The van der Waals surface area contributed by atoms with Crippen LogP contribution in [0.15, 0.2) is 79.3 Å². The molecule has 2 aromatic heterocycles. The highest BCUT2D eigenvalue weighted by Crippen LogP contribution is 2.23. The number of hydroxylamine groups is 1.